The molecule has 1 nitrogen and oxygen atoms in total. The molecule has 0 bridgehead atoms. The van der Waals surface area contributed by atoms with Gasteiger partial charge in [0.15, 0.2) is 0 Å². The summed E-state index contributed by atoms with van der Waals surface area (Å²) in [5.41, 5.74) is 1.34. The van der Waals surface area contributed by atoms with Gasteiger partial charge in [-0.1, -0.05) is 57.0 Å². The molecule has 0 unspecified atom stereocenters. The largest absolute Gasteiger partial charge is 0.198 e. The number of nitrogens with zero attached hydrogens (tertiary/aromatic N) is 1. The first-order valence-corrected chi connectivity index (χ1v) is 6.30. The summed E-state index contributed by atoms with van der Waals surface area (Å²) in [5, 5.41) is 9.37. The summed E-state index contributed by atoms with van der Waals surface area (Å²) in [6, 6.07) is 13.1. The van der Waals surface area contributed by atoms with E-state index in [4.69, 9.17) is 0 Å². The number of aryl methyl sites for hydroxylation is 1. The second-order valence-corrected chi connectivity index (χ2v) is 4.94. The first-order chi connectivity index (χ1) is 7.85. The second-order valence-electron chi connectivity index (χ2n) is 4.94. The molecule has 0 N–H and O–H groups in total. The highest BCUT2D eigenvalue weighted by Gasteiger charge is 2.31. The van der Waals surface area contributed by atoms with E-state index in [2.05, 4.69) is 30.3 Å². The molecule has 0 spiro atoms. The van der Waals surface area contributed by atoms with Gasteiger partial charge in [-0.05, 0) is 31.2 Å². The van der Waals surface area contributed by atoms with Gasteiger partial charge >= 0.3 is 0 Å². The van der Waals surface area contributed by atoms with E-state index in [0.29, 0.717) is 0 Å². The van der Waals surface area contributed by atoms with Gasteiger partial charge in [0.25, 0.3) is 0 Å². The molecular weight excluding hydrogens is 206 g/mol. The maximum absolute atomic E-state index is 9.37. The first-order valence-electron chi connectivity index (χ1n) is 6.30. The minimum atomic E-state index is -0.0198. The van der Waals surface area contributed by atoms with Crippen LogP contribution in [0.15, 0.2) is 30.3 Å². The van der Waals surface area contributed by atoms with Crippen LogP contribution in [-0.2, 0) is 6.42 Å². The summed E-state index contributed by atoms with van der Waals surface area (Å²) in [5.74, 6) is 0. The smallest absolute Gasteiger partial charge is 0.0689 e. The van der Waals surface area contributed by atoms with E-state index < -0.39 is 0 Å². The number of benzene rings is 1. The quantitative estimate of drug-likeness (QED) is 0.735. The van der Waals surface area contributed by atoms with Gasteiger partial charge in [-0.25, -0.2) is 0 Å². The molecule has 0 amide bonds. The number of hydrogen-bond donors (Lipinski definition) is 0. The van der Waals surface area contributed by atoms with Gasteiger partial charge in [0, 0.05) is 0 Å². The van der Waals surface area contributed by atoms with E-state index in [-0.39, 0.29) is 12.8 Å². The van der Waals surface area contributed by atoms with Gasteiger partial charge < -0.3 is 0 Å². The average molecular weight is 229 g/mol. The van der Waals surface area contributed by atoms with Gasteiger partial charge in [0.1, 0.15) is 0 Å². The lowest BCUT2D eigenvalue weighted by Gasteiger charge is -2.30. The summed E-state index contributed by atoms with van der Waals surface area (Å²) < 4.78 is 0. The summed E-state index contributed by atoms with van der Waals surface area (Å²) in [6.45, 7) is 0. The topological polar surface area (TPSA) is 23.8 Å². The third kappa shape index (κ3) is 3.60. The molecule has 0 radical (unpaired) electrons. The maximum Gasteiger partial charge on any atom is 0.0689 e. The fourth-order valence-electron chi connectivity index (χ4n) is 2.67. The molecule has 17 heavy (non-hydrogen) atoms. The molecule has 0 aromatic heterocycles. The van der Waals surface area contributed by atoms with E-state index in [0.717, 1.165) is 25.7 Å². The van der Waals surface area contributed by atoms with Crippen molar-refractivity contribution in [3.63, 3.8) is 0 Å². The molecule has 0 atom stereocenters. The van der Waals surface area contributed by atoms with Crippen molar-refractivity contribution >= 4 is 0 Å². The van der Waals surface area contributed by atoms with Gasteiger partial charge in [0.05, 0.1) is 11.5 Å². The van der Waals surface area contributed by atoms with Crippen LogP contribution >= 0.6 is 0 Å². The van der Waals surface area contributed by atoms with Crippen LogP contribution in [0.5, 0.6) is 0 Å². The average Bonchev–Trinajstić information content (AvgIpc) is 2.39. The molecule has 0 aliphatic heterocycles. The van der Waals surface area contributed by atoms with E-state index in [1.807, 2.05) is 6.07 Å². The van der Waals surface area contributed by atoms with Gasteiger partial charge in [-0.3, -0.25) is 0 Å². The van der Waals surface area contributed by atoms with Crippen molar-refractivity contribution in [3.05, 3.63) is 35.9 Å². The Morgan fingerprint density at radius 3 is 2.29 bits per heavy atom. The van der Waals surface area contributed by atoms with Crippen molar-refractivity contribution in [2.24, 2.45) is 5.41 Å². The third-order valence-electron chi connectivity index (χ3n) is 3.78. The molecule has 1 aromatic carbocycles. The predicted octanol–water partition coefficient (Wildman–Crippen LogP) is 4.73. The monoisotopic (exact) mass is 229 g/mol. The van der Waals surface area contributed by atoms with Gasteiger partial charge in [0.2, 0.25) is 0 Å². The maximum atomic E-state index is 9.37. The minimum absolute atomic E-state index is 0. The zero-order valence-corrected chi connectivity index (χ0v) is 9.78. The SMILES string of the molecule is C.N#CC1(CCc2ccccc2)CCCCC1. The molecule has 92 valence electrons. The molecule has 1 aliphatic rings. The van der Waals surface area contributed by atoms with Crippen molar-refractivity contribution < 1.29 is 0 Å². The normalized spacial score (nSPS) is 17.8. The lowest BCUT2D eigenvalue weighted by Crippen LogP contribution is -2.22. The molecule has 2 rings (SSSR count). The number of hydrogen-bond acceptors (Lipinski definition) is 1. The Hall–Kier alpha value is -1.29. The summed E-state index contributed by atoms with van der Waals surface area (Å²) in [4.78, 5) is 0. The Morgan fingerprint density at radius 2 is 1.71 bits per heavy atom. The van der Waals surface area contributed by atoms with Crippen molar-refractivity contribution in [1.29, 1.82) is 5.26 Å². The summed E-state index contributed by atoms with van der Waals surface area (Å²) in [7, 11) is 0. The Bertz CT molecular complexity index is 355. The molecule has 1 saturated carbocycles. The predicted molar refractivity (Wildman–Crippen MR) is 72.6 cm³/mol. The van der Waals surface area contributed by atoms with Crippen LogP contribution in [0.4, 0.5) is 0 Å². The van der Waals surface area contributed by atoms with Crippen LogP contribution < -0.4 is 0 Å². The van der Waals surface area contributed by atoms with Crippen molar-refractivity contribution in [2.75, 3.05) is 0 Å². The molecule has 1 aliphatic carbocycles. The van der Waals surface area contributed by atoms with Gasteiger partial charge in [-0.2, -0.15) is 5.26 Å². The highest BCUT2D eigenvalue weighted by Crippen LogP contribution is 2.39. The van der Waals surface area contributed by atoms with Crippen LogP contribution in [0.25, 0.3) is 0 Å². The van der Waals surface area contributed by atoms with Crippen molar-refractivity contribution in [1.82, 2.24) is 0 Å². The highest BCUT2D eigenvalue weighted by atomic mass is 14.4. The molecule has 1 aromatic rings. The van der Waals surface area contributed by atoms with E-state index >= 15 is 0 Å². The van der Waals surface area contributed by atoms with Crippen LogP contribution in [0.2, 0.25) is 0 Å². The van der Waals surface area contributed by atoms with E-state index in [9.17, 15) is 5.26 Å². The van der Waals surface area contributed by atoms with E-state index in [1.54, 1.807) is 0 Å². The molecule has 0 heterocycles. The van der Waals surface area contributed by atoms with Gasteiger partial charge in [-0.15, -0.1) is 0 Å². The lowest BCUT2D eigenvalue weighted by atomic mass is 9.72. The number of rotatable bonds is 3. The minimum Gasteiger partial charge on any atom is -0.198 e. The fourth-order valence-corrected chi connectivity index (χ4v) is 2.67. The van der Waals surface area contributed by atoms with E-state index in [1.165, 1.54) is 24.8 Å². The Kier molecular flexibility index (Phi) is 5.22. The highest BCUT2D eigenvalue weighted by molar-refractivity contribution is 5.16. The molecule has 0 saturated heterocycles. The van der Waals surface area contributed by atoms with Crippen LogP contribution in [0, 0.1) is 16.7 Å². The van der Waals surface area contributed by atoms with Crippen molar-refractivity contribution in [3.8, 4) is 6.07 Å². The van der Waals surface area contributed by atoms with Crippen LogP contribution in [0.3, 0.4) is 0 Å². The third-order valence-corrected chi connectivity index (χ3v) is 3.78. The molecular formula is C16H23N. The molecule has 1 heteroatoms. The summed E-state index contributed by atoms with van der Waals surface area (Å²) >= 11 is 0. The first kappa shape index (κ1) is 13.8. The van der Waals surface area contributed by atoms with Crippen molar-refractivity contribution in [2.45, 2.75) is 52.4 Å². The Morgan fingerprint density at radius 1 is 1.06 bits per heavy atom. The number of nitriles is 1. The van der Waals surface area contributed by atoms with Crippen LogP contribution in [-0.4, -0.2) is 0 Å². The summed E-state index contributed by atoms with van der Waals surface area (Å²) in [6.07, 6.45) is 8.09. The fraction of sp³-hybridized carbons (Fsp3) is 0.562. The van der Waals surface area contributed by atoms with Crippen LogP contribution in [0.1, 0.15) is 51.5 Å². The molecule has 1 fully saturated rings. The Balaban J connectivity index is 0.00000144. The Labute approximate surface area is 105 Å². The standard InChI is InChI=1S/C15H19N.CH4/c16-13-15(10-5-2-6-11-15)12-9-14-7-3-1-4-8-14;/h1,3-4,7-8H,2,5-6,9-12H2;1H4. The zero-order chi connectivity index (χ0) is 11.3. The zero-order valence-electron chi connectivity index (χ0n) is 9.78. The second kappa shape index (κ2) is 6.45. The lowest BCUT2D eigenvalue weighted by molar-refractivity contribution is 0.249.